The van der Waals surface area contributed by atoms with Gasteiger partial charge in [-0.15, -0.1) is 0 Å². The zero-order valence-corrected chi connectivity index (χ0v) is 20.1. The third-order valence-electron chi connectivity index (χ3n) is 5.77. The quantitative estimate of drug-likeness (QED) is 0.494. The molecule has 1 aromatic heterocycles. The number of carbonyl (C=O) groups is 1. The van der Waals surface area contributed by atoms with Gasteiger partial charge in [-0.3, -0.25) is 10.2 Å². The van der Waals surface area contributed by atoms with Crippen molar-refractivity contribution >= 4 is 50.7 Å². The van der Waals surface area contributed by atoms with Gasteiger partial charge in [0.2, 0.25) is 5.17 Å². The summed E-state index contributed by atoms with van der Waals surface area (Å²) in [5.41, 5.74) is 3.23. The summed E-state index contributed by atoms with van der Waals surface area (Å²) < 4.78 is 8.11. The van der Waals surface area contributed by atoms with Crippen molar-refractivity contribution in [3.8, 4) is 5.75 Å². The number of amidine groups is 2. The third-order valence-corrected chi connectivity index (χ3v) is 6.98. The second kappa shape index (κ2) is 8.95. The Hall–Kier alpha value is -3.65. The number of aromatic nitrogens is 1. The molecule has 0 saturated carbocycles. The van der Waals surface area contributed by atoms with Gasteiger partial charge < -0.3 is 9.30 Å². The number of aliphatic imine (C=N–C) groups is 1. The van der Waals surface area contributed by atoms with E-state index in [9.17, 15) is 4.79 Å². The van der Waals surface area contributed by atoms with Crippen LogP contribution in [0.25, 0.3) is 17.0 Å². The van der Waals surface area contributed by atoms with Crippen LogP contribution in [0.3, 0.4) is 0 Å². The average molecular weight is 472 g/mol. The molecule has 2 aromatic carbocycles. The lowest BCUT2D eigenvalue weighted by Gasteiger charge is -2.20. The molecule has 0 spiro atoms. The molecule has 7 nitrogen and oxygen atoms in total. The maximum absolute atomic E-state index is 12.8. The van der Waals surface area contributed by atoms with Crippen molar-refractivity contribution in [1.29, 1.82) is 5.41 Å². The smallest absolute Gasteiger partial charge is 0.283 e. The molecule has 3 heterocycles. The summed E-state index contributed by atoms with van der Waals surface area (Å²) in [7, 11) is 0. The number of para-hydroxylation sites is 2. The average Bonchev–Trinajstić information content (AvgIpc) is 3.40. The van der Waals surface area contributed by atoms with Gasteiger partial charge in [0.1, 0.15) is 17.4 Å². The number of amides is 1. The highest BCUT2D eigenvalue weighted by atomic mass is 32.2. The number of benzene rings is 2. The normalized spacial score (nSPS) is 16.9. The topological polar surface area (TPSA) is 83.0 Å². The number of rotatable bonds is 6. The molecule has 0 bridgehead atoms. The van der Waals surface area contributed by atoms with Crippen molar-refractivity contribution in [2.24, 2.45) is 16.0 Å². The number of hydrogen-bond donors (Lipinski definition) is 1. The molecule has 0 unspecified atom stereocenters. The van der Waals surface area contributed by atoms with Crippen LogP contribution in [-0.4, -0.2) is 38.1 Å². The minimum absolute atomic E-state index is 0.0536. The van der Waals surface area contributed by atoms with Crippen molar-refractivity contribution in [3.63, 3.8) is 0 Å². The standard InChI is InChI=1S/C26H25N5O2S/c1-16(2)25-29-31-23(27)20(24(32)28-26(31)34-25)14-18-15-30(21-10-6-5-9-19(18)21)12-13-33-22-11-7-4-8-17(22)3/h4-11,14-16,27H,12-13H2,1-3H3. The van der Waals surface area contributed by atoms with Crippen LogP contribution in [0.15, 0.2) is 70.4 Å². The number of aryl methyl sites for hydroxylation is 1. The van der Waals surface area contributed by atoms with Crippen molar-refractivity contribution in [2.75, 3.05) is 6.61 Å². The Balaban J connectivity index is 1.44. The summed E-state index contributed by atoms with van der Waals surface area (Å²) in [6.45, 7) is 7.26. The van der Waals surface area contributed by atoms with E-state index in [1.165, 1.54) is 16.8 Å². The lowest BCUT2D eigenvalue weighted by Crippen LogP contribution is -2.35. The van der Waals surface area contributed by atoms with Crippen LogP contribution in [0.2, 0.25) is 0 Å². The summed E-state index contributed by atoms with van der Waals surface area (Å²) in [6.07, 6.45) is 3.75. The van der Waals surface area contributed by atoms with E-state index in [-0.39, 0.29) is 17.3 Å². The molecular weight excluding hydrogens is 446 g/mol. The van der Waals surface area contributed by atoms with Gasteiger partial charge in [-0.1, -0.05) is 50.2 Å². The summed E-state index contributed by atoms with van der Waals surface area (Å²) in [5, 5.41) is 16.9. The minimum atomic E-state index is -0.413. The summed E-state index contributed by atoms with van der Waals surface area (Å²) in [5.74, 6) is 0.719. The van der Waals surface area contributed by atoms with Crippen molar-refractivity contribution in [2.45, 2.75) is 27.3 Å². The number of hydrazone groups is 1. The molecule has 0 fully saturated rings. The van der Waals surface area contributed by atoms with Crippen LogP contribution < -0.4 is 4.74 Å². The van der Waals surface area contributed by atoms with Crippen LogP contribution in [0.4, 0.5) is 0 Å². The second-order valence-corrected chi connectivity index (χ2v) is 9.51. The van der Waals surface area contributed by atoms with Crippen molar-refractivity contribution < 1.29 is 9.53 Å². The van der Waals surface area contributed by atoms with E-state index in [1.54, 1.807) is 6.08 Å². The molecule has 0 atom stereocenters. The largest absolute Gasteiger partial charge is 0.491 e. The van der Waals surface area contributed by atoms with Gasteiger partial charge in [0, 0.05) is 28.6 Å². The van der Waals surface area contributed by atoms with E-state index in [1.807, 2.05) is 75.5 Å². The lowest BCUT2D eigenvalue weighted by molar-refractivity contribution is -0.114. The number of fused-ring (bicyclic) bond motifs is 2. The Bertz CT molecular complexity index is 1400. The summed E-state index contributed by atoms with van der Waals surface area (Å²) in [6, 6.07) is 16.0. The number of nitrogens with one attached hydrogen (secondary N) is 1. The lowest BCUT2D eigenvalue weighted by atomic mass is 10.1. The van der Waals surface area contributed by atoms with Crippen LogP contribution in [0.5, 0.6) is 5.75 Å². The van der Waals surface area contributed by atoms with Crippen LogP contribution in [-0.2, 0) is 11.3 Å². The van der Waals surface area contributed by atoms with E-state index in [4.69, 9.17) is 10.1 Å². The van der Waals surface area contributed by atoms with Gasteiger partial charge >= 0.3 is 0 Å². The molecule has 34 heavy (non-hydrogen) atoms. The molecule has 172 valence electrons. The van der Waals surface area contributed by atoms with Gasteiger partial charge in [-0.05, 0) is 42.5 Å². The van der Waals surface area contributed by atoms with Gasteiger partial charge in [-0.2, -0.15) is 15.1 Å². The summed E-state index contributed by atoms with van der Waals surface area (Å²) >= 11 is 1.35. The fourth-order valence-corrected chi connectivity index (χ4v) is 4.84. The predicted molar refractivity (Wildman–Crippen MR) is 138 cm³/mol. The maximum atomic E-state index is 12.8. The zero-order valence-electron chi connectivity index (χ0n) is 19.3. The van der Waals surface area contributed by atoms with Crippen LogP contribution in [0, 0.1) is 18.3 Å². The molecule has 1 N–H and O–H groups in total. The Morgan fingerprint density at radius 2 is 1.91 bits per heavy atom. The molecule has 8 heteroatoms. The van der Waals surface area contributed by atoms with E-state index < -0.39 is 5.91 Å². The van der Waals surface area contributed by atoms with Gasteiger partial charge in [0.05, 0.1) is 12.1 Å². The van der Waals surface area contributed by atoms with Crippen molar-refractivity contribution in [1.82, 2.24) is 9.58 Å². The second-order valence-electron chi connectivity index (χ2n) is 8.52. The molecule has 3 aromatic rings. The highest BCUT2D eigenvalue weighted by Gasteiger charge is 2.36. The van der Waals surface area contributed by atoms with Crippen molar-refractivity contribution in [3.05, 3.63) is 71.4 Å². The van der Waals surface area contributed by atoms with Crippen LogP contribution >= 0.6 is 11.8 Å². The fraction of sp³-hybridized carbons (Fsp3) is 0.231. The molecule has 0 aliphatic carbocycles. The zero-order chi connectivity index (χ0) is 23.8. The van der Waals surface area contributed by atoms with Crippen LogP contribution in [0.1, 0.15) is 25.0 Å². The SMILES string of the molecule is Cc1ccccc1OCCn1cc(C=C2C(=N)N3N=C(C(C)C)SC3=NC2=O)c2ccccc21. The first-order valence-electron chi connectivity index (χ1n) is 11.2. The molecule has 0 saturated heterocycles. The van der Waals surface area contributed by atoms with Gasteiger partial charge in [-0.25, -0.2) is 0 Å². The number of hydrogen-bond acceptors (Lipinski definition) is 5. The molecule has 5 rings (SSSR count). The predicted octanol–water partition coefficient (Wildman–Crippen LogP) is 5.30. The maximum Gasteiger partial charge on any atom is 0.283 e. The van der Waals surface area contributed by atoms with E-state index in [0.717, 1.165) is 32.8 Å². The number of carbonyl (C=O) groups excluding carboxylic acids is 1. The Labute approximate surface area is 202 Å². The van der Waals surface area contributed by atoms with E-state index >= 15 is 0 Å². The minimum Gasteiger partial charge on any atom is -0.491 e. The third kappa shape index (κ3) is 4.05. The fourth-order valence-electron chi connectivity index (χ4n) is 3.94. The molecule has 2 aliphatic heterocycles. The van der Waals surface area contributed by atoms with E-state index in [0.29, 0.717) is 18.3 Å². The molecule has 2 aliphatic rings. The molecule has 1 amide bonds. The number of nitrogens with zero attached hydrogens (tertiary/aromatic N) is 4. The Kier molecular flexibility index (Phi) is 5.83. The molecular formula is C26H25N5O2S. The Morgan fingerprint density at radius 3 is 2.71 bits per heavy atom. The highest BCUT2D eigenvalue weighted by Crippen LogP contribution is 2.32. The first kappa shape index (κ1) is 22.2. The number of ether oxygens (including phenoxy) is 1. The monoisotopic (exact) mass is 471 g/mol. The van der Waals surface area contributed by atoms with E-state index in [2.05, 4.69) is 14.7 Å². The Morgan fingerprint density at radius 1 is 1.15 bits per heavy atom. The van der Waals surface area contributed by atoms with Gasteiger partial charge in [0.15, 0.2) is 5.84 Å². The first-order valence-corrected chi connectivity index (χ1v) is 12.0. The summed E-state index contributed by atoms with van der Waals surface area (Å²) in [4.78, 5) is 17.0. The highest BCUT2D eigenvalue weighted by molar-refractivity contribution is 8.27. The van der Waals surface area contributed by atoms with Gasteiger partial charge in [0.25, 0.3) is 5.91 Å². The number of thioether (sulfide) groups is 1. The first-order chi connectivity index (χ1) is 16.4. The molecule has 0 radical (unpaired) electrons.